The van der Waals surface area contributed by atoms with Gasteiger partial charge < -0.3 is 5.32 Å². The van der Waals surface area contributed by atoms with Gasteiger partial charge in [-0.3, -0.25) is 19.5 Å². The number of hydrogen-bond acceptors (Lipinski definition) is 4. The first-order chi connectivity index (χ1) is 18.4. The topological polar surface area (TPSA) is 62.3 Å². The molecule has 6 rings (SSSR count). The van der Waals surface area contributed by atoms with Crippen LogP contribution in [0.4, 0.5) is 0 Å². The number of rotatable bonds is 7. The van der Waals surface area contributed by atoms with E-state index in [1.807, 2.05) is 57.2 Å². The molecule has 198 valence electrons. The maximum atomic E-state index is 13.1. The van der Waals surface area contributed by atoms with Gasteiger partial charge in [0.05, 0.1) is 5.52 Å². The van der Waals surface area contributed by atoms with E-state index in [-0.39, 0.29) is 23.7 Å². The van der Waals surface area contributed by atoms with E-state index in [0.29, 0.717) is 18.0 Å². The SMILES string of the molecule is Cc1ccc2c(C(=O)NC3CCC(CCN4C5CCC4c4cc(C(=O)C(C)C)ccc45)CC3)cccc2n1. The molecule has 2 aromatic carbocycles. The van der Waals surface area contributed by atoms with Crippen LogP contribution in [-0.2, 0) is 0 Å². The fourth-order valence-corrected chi connectivity index (χ4v) is 7.14. The molecule has 2 fully saturated rings. The van der Waals surface area contributed by atoms with Crippen molar-refractivity contribution in [2.24, 2.45) is 11.8 Å². The molecule has 2 bridgehead atoms. The summed E-state index contributed by atoms with van der Waals surface area (Å²) in [7, 11) is 0. The highest BCUT2D eigenvalue weighted by Gasteiger charge is 2.43. The fourth-order valence-electron chi connectivity index (χ4n) is 7.14. The van der Waals surface area contributed by atoms with Crippen LogP contribution in [0.25, 0.3) is 10.9 Å². The lowest BCUT2D eigenvalue weighted by atomic mass is 9.84. The fraction of sp³-hybridized carbons (Fsp3) is 0.485. The molecule has 5 heteroatoms. The van der Waals surface area contributed by atoms with Gasteiger partial charge in [0.2, 0.25) is 0 Å². The molecule has 1 N–H and O–H groups in total. The Bertz CT molecular complexity index is 1370. The Kier molecular flexibility index (Phi) is 6.81. The number of nitrogens with zero attached hydrogens (tertiary/aromatic N) is 2. The molecule has 2 unspecified atom stereocenters. The first kappa shape index (κ1) is 25.2. The van der Waals surface area contributed by atoms with Crippen molar-refractivity contribution in [3.8, 4) is 0 Å². The van der Waals surface area contributed by atoms with Crippen LogP contribution in [0.5, 0.6) is 0 Å². The van der Waals surface area contributed by atoms with Gasteiger partial charge in [-0.1, -0.05) is 38.1 Å². The van der Waals surface area contributed by atoms with Crippen LogP contribution in [0.1, 0.15) is 108 Å². The van der Waals surface area contributed by atoms with Gasteiger partial charge in [0.25, 0.3) is 5.91 Å². The third-order valence-corrected chi connectivity index (χ3v) is 9.22. The van der Waals surface area contributed by atoms with Crippen molar-refractivity contribution in [1.29, 1.82) is 0 Å². The standard InChI is InChI=1S/C33H39N3O2/c1-20(2)32(37)23-10-14-26-28(19-23)31-16-15-30(26)36(31)18-17-22-8-11-24(12-9-22)35-33(38)27-5-4-6-29-25(27)13-7-21(3)34-29/h4-7,10,13-14,19-20,22,24,30-31H,8-9,11-12,15-18H2,1-3H3,(H,35,38). The number of pyridine rings is 1. The minimum absolute atomic E-state index is 0.0198. The second-order valence-corrected chi connectivity index (χ2v) is 12.0. The van der Waals surface area contributed by atoms with E-state index in [2.05, 4.69) is 27.3 Å². The highest BCUT2D eigenvalue weighted by atomic mass is 16.1. The molecule has 1 aliphatic carbocycles. The summed E-state index contributed by atoms with van der Waals surface area (Å²) in [5.74, 6) is 1.02. The molecule has 3 aromatic rings. The molecule has 1 amide bonds. The Balaban J connectivity index is 1.02. The van der Waals surface area contributed by atoms with Gasteiger partial charge in [-0.05, 0) is 99.7 Å². The van der Waals surface area contributed by atoms with E-state index in [1.165, 1.54) is 43.2 Å². The molecule has 2 atom stereocenters. The normalized spacial score (nSPS) is 24.6. The largest absolute Gasteiger partial charge is 0.349 e. The van der Waals surface area contributed by atoms with Crippen LogP contribution in [0.3, 0.4) is 0 Å². The third-order valence-electron chi connectivity index (χ3n) is 9.22. The second-order valence-electron chi connectivity index (χ2n) is 12.0. The summed E-state index contributed by atoms with van der Waals surface area (Å²) in [6.07, 6.45) is 8.09. The quantitative estimate of drug-likeness (QED) is 0.350. The summed E-state index contributed by atoms with van der Waals surface area (Å²) in [6.45, 7) is 7.07. The van der Waals surface area contributed by atoms with Crippen LogP contribution >= 0.6 is 0 Å². The average Bonchev–Trinajstić information content (AvgIpc) is 3.47. The van der Waals surface area contributed by atoms with Gasteiger partial charge in [-0.15, -0.1) is 0 Å². The summed E-state index contributed by atoms with van der Waals surface area (Å²) in [6, 6.07) is 17.5. The van der Waals surface area contributed by atoms with Crippen LogP contribution in [0, 0.1) is 18.8 Å². The molecule has 3 heterocycles. The number of hydrogen-bond donors (Lipinski definition) is 1. The van der Waals surface area contributed by atoms with Crippen LogP contribution in [0.15, 0.2) is 48.5 Å². The molecular formula is C33H39N3O2. The highest BCUT2D eigenvalue weighted by Crippen LogP contribution is 2.53. The second kappa shape index (κ2) is 10.3. The van der Waals surface area contributed by atoms with E-state index >= 15 is 0 Å². The number of amides is 1. The van der Waals surface area contributed by atoms with Crippen molar-refractivity contribution in [1.82, 2.24) is 15.2 Å². The van der Waals surface area contributed by atoms with E-state index in [1.54, 1.807) is 0 Å². The monoisotopic (exact) mass is 509 g/mol. The Hall–Kier alpha value is -3.05. The number of aromatic nitrogens is 1. The summed E-state index contributed by atoms with van der Waals surface area (Å²) < 4.78 is 0. The molecule has 0 radical (unpaired) electrons. The predicted octanol–water partition coefficient (Wildman–Crippen LogP) is 6.95. The number of carbonyl (C=O) groups is 2. The Morgan fingerprint density at radius 3 is 2.47 bits per heavy atom. The molecule has 1 saturated heterocycles. The summed E-state index contributed by atoms with van der Waals surface area (Å²) in [5, 5.41) is 4.24. The van der Waals surface area contributed by atoms with Gasteiger partial charge in [0.15, 0.2) is 5.78 Å². The van der Waals surface area contributed by atoms with E-state index in [4.69, 9.17) is 0 Å². The molecular weight excluding hydrogens is 470 g/mol. The number of fused-ring (bicyclic) bond motifs is 6. The van der Waals surface area contributed by atoms with Crippen molar-refractivity contribution in [3.05, 3.63) is 76.5 Å². The van der Waals surface area contributed by atoms with Gasteiger partial charge >= 0.3 is 0 Å². The summed E-state index contributed by atoms with van der Waals surface area (Å²) in [4.78, 5) is 33.0. The first-order valence-corrected chi connectivity index (χ1v) is 14.5. The van der Waals surface area contributed by atoms with Crippen molar-refractivity contribution in [3.63, 3.8) is 0 Å². The third kappa shape index (κ3) is 4.66. The van der Waals surface area contributed by atoms with Crippen molar-refractivity contribution < 1.29 is 9.59 Å². The lowest BCUT2D eigenvalue weighted by Gasteiger charge is -2.31. The van der Waals surface area contributed by atoms with E-state index in [0.717, 1.165) is 47.1 Å². The Morgan fingerprint density at radius 2 is 1.71 bits per heavy atom. The number of carbonyl (C=O) groups excluding carboxylic acids is 2. The van der Waals surface area contributed by atoms with E-state index < -0.39 is 0 Å². The van der Waals surface area contributed by atoms with Crippen LogP contribution < -0.4 is 5.32 Å². The van der Waals surface area contributed by atoms with E-state index in [9.17, 15) is 9.59 Å². The van der Waals surface area contributed by atoms with Crippen molar-refractivity contribution in [2.75, 3.05) is 6.54 Å². The number of benzene rings is 2. The number of aryl methyl sites for hydroxylation is 1. The summed E-state index contributed by atoms with van der Waals surface area (Å²) >= 11 is 0. The molecule has 1 aromatic heterocycles. The number of ketones is 1. The molecule has 38 heavy (non-hydrogen) atoms. The highest BCUT2D eigenvalue weighted by molar-refractivity contribution is 6.06. The number of Topliss-reactive ketones (excluding diaryl/α,β-unsaturated/α-hetero) is 1. The first-order valence-electron chi connectivity index (χ1n) is 14.5. The van der Waals surface area contributed by atoms with Crippen molar-refractivity contribution >= 4 is 22.6 Å². The zero-order chi connectivity index (χ0) is 26.4. The minimum atomic E-state index is 0.0198. The molecule has 1 saturated carbocycles. The van der Waals surface area contributed by atoms with Crippen LogP contribution in [-0.4, -0.2) is 34.2 Å². The predicted molar refractivity (Wildman–Crippen MR) is 151 cm³/mol. The number of nitrogens with one attached hydrogen (secondary N) is 1. The molecule has 0 spiro atoms. The molecule has 3 aliphatic rings. The zero-order valence-corrected chi connectivity index (χ0v) is 22.9. The lowest BCUT2D eigenvalue weighted by Crippen LogP contribution is -2.38. The smallest absolute Gasteiger partial charge is 0.252 e. The molecule has 5 nitrogen and oxygen atoms in total. The lowest BCUT2D eigenvalue weighted by molar-refractivity contribution is 0.0917. The van der Waals surface area contributed by atoms with Gasteiger partial charge in [0, 0.05) is 46.3 Å². The van der Waals surface area contributed by atoms with Gasteiger partial charge in [-0.2, -0.15) is 0 Å². The maximum Gasteiger partial charge on any atom is 0.252 e. The van der Waals surface area contributed by atoms with Gasteiger partial charge in [0.1, 0.15) is 0 Å². The molecule has 2 aliphatic heterocycles. The zero-order valence-electron chi connectivity index (χ0n) is 22.9. The van der Waals surface area contributed by atoms with Crippen molar-refractivity contribution in [2.45, 2.75) is 83.8 Å². The van der Waals surface area contributed by atoms with Gasteiger partial charge in [-0.25, -0.2) is 0 Å². The Labute approximate surface area is 226 Å². The minimum Gasteiger partial charge on any atom is -0.349 e. The average molecular weight is 510 g/mol. The summed E-state index contributed by atoms with van der Waals surface area (Å²) in [5.41, 5.74) is 6.29. The Morgan fingerprint density at radius 1 is 0.947 bits per heavy atom. The maximum absolute atomic E-state index is 13.1. The van der Waals surface area contributed by atoms with Crippen LogP contribution in [0.2, 0.25) is 0 Å².